The van der Waals surface area contributed by atoms with Gasteiger partial charge in [0, 0.05) is 30.3 Å². The van der Waals surface area contributed by atoms with Gasteiger partial charge >= 0.3 is 6.36 Å². The Morgan fingerprint density at radius 1 is 1.22 bits per heavy atom. The number of carbonyl (C=O) groups excluding carboxylic acids is 1. The molecule has 7 nitrogen and oxygen atoms in total. The van der Waals surface area contributed by atoms with Crippen LogP contribution in [-0.4, -0.2) is 28.8 Å². The third-order valence-electron chi connectivity index (χ3n) is 4.75. The molecule has 1 aliphatic heterocycles. The van der Waals surface area contributed by atoms with Gasteiger partial charge in [0.15, 0.2) is 5.76 Å². The number of halogens is 3. The molecule has 1 aliphatic rings. The largest absolute Gasteiger partial charge is 0.573 e. The van der Waals surface area contributed by atoms with Gasteiger partial charge in [0.05, 0.1) is 12.9 Å². The van der Waals surface area contributed by atoms with Crippen molar-refractivity contribution in [2.24, 2.45) is 0 Å². The van der Waals surface area contributed by atoms with E-state index in [1.165, 1.54) is 18.4 Å². The zero-order chi connectivity index (χ0) is 22.7. The minimum absolute atomic E-state index is 0.192. The Kier molecular flexibility index (Phi) is 5.76. The first-order valence-corrected chi connectivity index (χ1v) is 9.62. The van der Waals surface area contributed by atoms with Gasteiger partial charge in [-0.3, -0.25) is 4.79 Å². The van der Waals surface area contributed by atoms with E-state index < -0.39 is 6.36 Å². The lowest BCUT2D eigenvalue weighted by Gasteiger charge is -2.23. The second-order valence-electron chi connectivity index (χ2n) is 7.10. The van der Waals surface area contributed by atoms with Crippen molar-refractivity contribution in [1.82, 2.24) is 9.88 Å². The number of amides is 1. The van der Waals surface area contributed by atoms with E-state index in [0.717, 1.165) is 16.9 Å². The Morgan fingerprint density at radius 3 is 2.69 bits per heavy atom. The van der Waals surface area contributed by atoms with Crippen molar-refractivity contribution in [2.75, 3.05) is 16.9 Å². The van der Waals surface area contributed by atoms with E-state index >= 15 is 0 Å². The fourth-order valence-corrected chi connectivity index (χ4v) is 3.26. The summed E-state index contributed by atoms with van der Waals surface area (Å²) in [5.74, 6) is -0.0559. The van der Waals surface area contributed by atoms with Crippen molar-refractivity contribution in [1.29, 1.82) is 0 Å². The van der Waals surface area contributed by atoms with Crippen molar-refractivity contribution in [3.8, 4) is 5.75 Å². The maximum absolute atomic E-state index is 12.3. The first-order valence-electron chi connectivity index (χ1n) is 9.62. The van der Waals surface area contributed by atoms with Gasteiger partial charge in [-0.1, -0.05) is 0 Å². The number of hydrogen-bond acceptors (Lipinski definition) is 6. The van der Waals surface area contributed by atoms with Crippen LogP contribution in [0.2, 0.25) is 0 Å². The molecule has 32 heavy (non-hydrogen) atoms. The van der Waals surface area contributed by atoms with E-state index in [4.69, 9.17) is 4.42 Å². The molecule has 0 saturated carbocycles. The van der Waals surface area contributed by atoms with E-state index in [-0.39, 0.29) is 17.4 Å². The van der Waals surface area contributed by atoms with Gasteiger partial charge in [-0.15, -0.1) is 13.2 Å². The fourth-order valence-electron chi connectivity index (χ4n) is 3.26. The van der Waals surface area contributed by atoms with Crippen LogP contribution >= 0.6 is 0 Å². The highest BCUT2D eigenvalue weighted by Crippen LogP contribution is 2.29. The summed E-state index contributed by atoms with van der Waals surface area (Å²) in [7, 11) is 0. The number of carbonyl (C=O) groups is 1. The zero-order valence-corrected chi connectivity index (χ0v) is 17.0. The number of allylic oxidation sites excluding steroid dienone is 1. The second-order valence-corrected chi connectivity index (χ2v) is 7.10. The number of benzene rings is 1. The standard InChI is InChI=1S/C22H19F3N4O3/c1-15-12-29(17-4-6-18(7-5-17)32-22(23,24)25)14-28(15)13-16-8-9-26-20(11-16)27-21(30)19-3-2-10-31-19/h2-12H,13-14H2,1H3,(H,26,27,30). The van der Waals surface area contributed by atoms with Crippen LogP contribution in [0.3, 0.4) is 0 Å². The van der Waals surface area contributed by atoms with Gasteiger partial charge in [0.25, 0.3) is 5.91 Å². The molecule has 10 heteroatoms. The average Bonchev–Trinajstić information content (AvgIpc) is 3.38. The van der Waals surface area contributed by atoms with Crippen molar-refractivity contribution in [3.05, 3.63) is 84.2 Å². The smallest absolute Gasteiger partial charge is 0.459 e. The van der Waals surface area contributed by atoms with Crippen LogP contribution in [-0.2, 0) is 6.54 Å². The number of anilines is 2. The predicted molar refractivity (Wildman–Crippen MR) is 111 cm³/mol. The van der Waals surface area contributed by atoms with Gasteiger partial charge in [-0.05, 0) is 61.0 Å². The van der Waals surface area contributed by atoms with Crippen LogP contribution in [0.15, 0.2) is 77.3 Å². The SMILES string of the molecule is CC1=CN(c2ccc(OC(F)(F)F)cc2)CN1Cc1ccnc(NC(=O)c2ccco2)c1. The molecule has 1 aromatic carbocycles. The lowest BCUT2D eigenvalue weighted by molar-refractivity contribution is -0.274. The number of ether oxygens (including phenoxy) is 1. The Labute approximate surface area is 181 Å². The number of aromatic nitrogens is 1. The molecular formula is C22H19F3N4O3. The summed E-state index contributed by atoms with van der Waals surface area (Å²) in [4.78, 5) is 20.3. The number of alkyl halides is 3. The Morgan fingerprint density at radius 2 is 2.00 bits per heavy atom. The summed E-state index contributed by atoms with van der Waals surface area (Å²) in [5.41, 5.74) is 2.65. The quantitative estimate of drug-likeness (QED) is 0.579. The third-order valence-corrected chi connectivity index (χ3v) is 4.75. The molecule has 1 N–H and O–H groups in total. The molecule has 2 aromatic heterocycles. The normalized spacial score (nSPS) is 13.8. The minimum Gasteiger partial charge on any atom is -0.459 e. The van der Waals surface area contributed by atoms with Crippen LogP contribution in [0, 0.1) is 0 Å². The zero-order valence-electron chi connectivity index (χ0n) is 17.0. The Hall–Kier alpha value is -3.95. The molecule has 0 bridgehead atoms. The Bertz CT molecular complexity index is 1110. The molecular weight excluding hydrogens is 425 g/mol. The van der Waals surface area contributed by atoms with E-state index in [1.54, 1.807) is 36.5 Å². The molecule has 1 amide bonds. The number of hydrogen-bond donors (Lipinski definition) is 1. The summed E-state index contributed by atoms with van der Waals surface area (Å²) < 4.78 is 46.0. The van der Waals surface area contributed by atoms with Crippen LogP contribution in [0.1, 0.15) is 23.0 Å². The highest BCUT2D eigenvalue weighted by atomic mass is 19.4. The molecule has 0 fully saturated rings. The molecule has 3 aromatic rings. The molecule has 0 atom stereocenters. The van der Waals surface area contributed by atoms with E-state index in [0.29, 0.717) is 19.0 Å². The van der Waals surface area contributed by atoms with Crippen LogP contribution < -0.4 is 15.0 Å². The van der Waals surface area contributed by atoms with E-state index in [1.807, 2.05) is 24.1 Å². The number of nitrogens with zero attached hydrogens (tertiary/aromatic N) is 3. The maximum atomic E-state index is 12.3. The molecule has 3 heterocycles. The van der Waals surface area contributed by atoms with Gasteiger partial charge < -0.3 is 24.3 Å². The van der Waals surface area contributed by atoms with Gasteiger partial charge in [0.2, 0.25) is 0 Å². The average molecular weight is 444 g/mol. The fraction of sp³-hybridized carbons (Fsp3) is 0.182. The summed E-state index contributed by atoms with van der Waals surface area (Å²) in [5, 5.41) is 2.70. The lowest BCUT2D eigenvalue weighted by atomic mass is 10.2. The summed E-state index contributed by atoms with van der Waals surface area (Å²) in [6, 6.07) is 12.5. The number of rotatable bonds is 6. The summed E-state index contributed by atoms with van der Waals surface area (Å²) in [6.07, 6.45) is 0.229. The Balaban J connectivity index is 1.39. The molecule has 0 aliphatic carbocycles. The first kappa shape index (κ1) is 21.3. The summed E-state index contributed by atoms with van der Waals surface area (Å²) >= 11 is 0. The third kappa shape index (κ3) is 5.20. The highest BCUT2D eigenvalue weighted by molar-refractivity contribution is 6.01. The maximum Gasteiger partial charge on any atom is 0.573 e. The monoisotopic (exact) mass is 444 g/mol. The molecule has 0 saturated heterocycles. The second kappa shape index (κ2) is 8.66. The van der Waals surface area contributed by atoms with Gasteiger partial charge in [0.1, 0.15) is 11.6 Å². The van der Waals surface area contributed by atoms with Gasteiger partial charge in [-0.2, -0.15) is 0 Å². The number of pyridine rings is 1. The molecule has 4 rings (SSSR count). The predicted octanol–water partition coefficient (Wildman–Crippen LogP) is 4.97. The summed E-state index contributed by atoms with van der Waals surface area (Å²) in [6.45, 7) is 3.02. The van der Waals surface area contributed by atoms with Crippen molar-refractivity contribution in [3.63, 3.8) is 0 Å². The van der Waals surface area contributed by atoms with Crippen LogP contribution in [0.5, 0.6) is 5.75 Å². The topological polar surface area (TPSA) is 70.8 Å². The number of furan rings is 1. The van der Waals surface area contributed by atoms with Crippen molar-refractivity contribution < 1.29 is 27.1 Å². The number of nitrogens with one attached hydrogen (secondary N) is 1. The van der Waals surface area contributed by atoms with Gasteiger partial charge in [-0.25, -0.2) is 4.98 Å². The first-order chi connectivity index (χ1) is 15.3. The van der Waals surface area contributed by atoms with E-state index in [2.05, 4.69) is 19.9 Å². The minimum atomic E-state index is -4.72. The van der Waals surface area contributed by atoms with E-state index in [9.17, 15) is 18.0 Å². The van der Waals surface area contributed by atoms with Crippen LogP contribution in [0.4, 0.5) is 24.7 Å². The molecule has 0 radical (unpaired) electrons. The van der Waals surface area contributed by atoms with Crippen LogP contribution in [0.25, 0.3) is 0 Å². The van der Waals surface area contributed by atoms with Crippen molar-refractivity contribution in [2.45, 2.75) is 19.8 Å². The molecule has 0 spiro atoms. The highest BCUT2D eigenvalue weighted by Gasteiger charge is 2.31. The van der Waals surface area contributed by atoms with Crippen molar-refractivity contribution >= 4 is 17.4 Å². The molecule has 166 valence electrons. The molecule has 0 unspecified atom stereocenters. The lowest BCUT2D eigenvalue weighted by Crippen LogP contribution is -2.26.